The Morgan fingerprint density at radius 2 is 2.12 bits per heavy atom. The van der Waals surface area contributed by atoms with Crippen molar-refractivity contribution in [1.82, 2.24) is 24.6 Å². The minimum Gasteiger partial charge on any atom is -0.394 e. The van der Waals surface area contributed by atoms with Crippen LogP contribution in [0.1, 0.15) is 17.2 Å². The van der Waals surface area contributed by atoms with Crippen LogP contribution in [0, 0.1) is 0 Å². The predicted molar refractivity (Wildman–Crippen MR) is 99.0 cm³/mol. The Bertz CT molecular complexity index is 705. The lowest BCUT2D eigenvalue weighted by atomic mass is 10.1. The lowest BCUT2D eigenvalue weighted by molar-refractivity contribution is 0.112. The van der Waals surface area contributed by atoms with Crippen molar-refractivity contribution in [2.45, 2.75) is 25.4 Å². The van der Waals surface area contributed by atoms with Crippen LogP contribution in [0.2, 0.25) is 5.02 Å². The summed E-state index contributed by atoms with van der Waals surface area (Å²) in [6.45, 7) is 3.71. The van der Waals surface area contributed by atoms with Gasteiger partial charge in [0.1, 0.15) is 5.82 Å². The van der Waals surface area contributed by atoms with Gasteiger partial charge >= 0.3 is 0 Å². The van der Waals surface area contributed by atoms with Gasteiger partial charge in [-0.25, -0.2) is 9.67 Å². The summed E-state index contributed by atoms with van der Waals surface area (Å²) in [5.41, 5.74) is 1.09. The van der Waals surface area contributed by atoms with Gasteiger partial charge in [0.05, 0.1) is 13.2 Å². The second-order valence-electron chi connectivity index (χ2n) is 6.80. The highest BCUT2D eigenvalue weighted by Gasteiger charge is 2.24. The number of hydrogen-bond donors (Lipinski definition) is 1. The molecule has 1 unspecified atom stereocenters. The number of piperazine rings is 1. The average Bonchev–Trinajstić information content (AvgIpc) is 2.93. The number of benzene rings is 1. The van der Waals surface area contributed by atoms with Gasteiger partial charge in [0.2, 0.25) is 0 Å². The van der Waals surface area contributed by atoms with E-state index < -0.39 is 0 Å². The summed E-state index contributed by atoms with van der Waals surface area (Å²) in [7, 11) is 4.32. The first-order valence-electron chi connectivity index (χ1n) is 8.72. The molecule has 25 heavy (non-hydrogen) atoms. The molecule has 7 heteroatoms. The van der Waals surface area contributed by atoms with Gasteiger partial charge in [0, 0.05) is 43.5 Å². The molecule has 1 aliphatic heterocycles. The van der Waals surface area contributed by atoms with Crippen LogP contribution in [-0.4, -0.2) is 76.0 Å². The molecule has 0 spiro atoms. The van der Waals surface area contributed by atoms with Crippen LogP contribution in [0.4, 0.5) is 0 Å². The van der Waals surface area contributed by atoms with Crippen LogP contribution < -0.4 is 0 Å². The first-order valence-corrected chi connectivity index (χ1v) is 9.09. The first-order chi connectivity index (χ1) is 12.0. The Balaban J connectivity index is 1.77. The van der Waals surface area contributed by atoms with Crippen molar-refractivity contribution in [3.8, 4) is 0 Å². The third-order valence-electron chi connectivity index (χ3n) is 4.75. The van der Waals surface area contributed by atoms with Gasteiger partial charge in [-0.2, -0.15) is 5.10 Å². The first kappa shape index (κ1) is 18.3. The second kappa shape index (κ2) is 8.27. The van der Waals surface area contributed by atoms with Crippen LogP contribution >= 0.6 is 11.6 Å². The second-order valence-corrected chi connectivity index (χ2v) is 7.23. The monoisotopic (exact) mass is 363 g/mol. The fourth-order valence-electron chi connectivity index (χ4n) is 3.29. The van der Waals surface area contributed by atoms with E-state index in [0.717, 1.165) is 48.3 Å². The van der Waals surface area contributed by atoms with E-state index in [1.807, 2.05) is 28.9 Å². The van der Waals surface area contributed by atoms with Gasteiger partial charge in [0.15, 0.2) is 5.82 Å². The summed E-state index contributed by atoms with van der Waals surface area (Å²) in [5, 5.41) is 14.7. The van der Waals surface area contributed by atoms with Gasteiger partial charge in [-0.05, 0) is 31.8 Å². The third-order valence-corrected chi connectivity index (χ3v) is 4.99. The Kier molecular flexibility index (Phi) is 6.06. The molecule has 3 rings (SSSR count). The summed E-state index contributed by atoms with van der Waals surface area (Å²) in [6.07, 6.45) is 1.48. The maximum Gasteiger partial charge on any atom is 0.155 e. The molecule has 2 aromatic rings. The largest absolute Gasteiger partial charge is 0.394 e. The zero-order valence-corrected chi connectivity index (χ0v) is 15.7. The lowest BCUT2D eigenvalue weighted by Crippen LogP contribution is -2.51. The molecule has 6 nitrogen and oxygen atoms in total. The number of likely N-dealkylation sites (N-methyl/N-ethyl adjacent to an activating group) is 2. The quantitative estimate of drug-likeness (QED) is 0.838. The molecule has 0 bridgehead atoms. The van der Waals surface area contributed by atoms with E-state index >= 15 is 0 Å². The van der Waals surface area contributed by atoms with E-state index in [1.54, 1.807) is 0 Å². The molecule has 1 aromatic heterocycles. The minimum absolute atomic E-state index is 0.0629. The zero-order valence-electron chi connectivity index (χ0n) is 14.9. The van der Waals surface area contributed by atoms with Crippen molar-refractivity contribution in [2.24, 2.45) is 0 Å². The Hall–Kier alpha value is -1.47. The van der Waals surface area contributed by atoms with Gasteiger partial charge in [-0.1, -0.05) is 23.7 Å². The summed E-state index contributed by atoms with van der Waals surface area (Å²) in [6, 6.07) is 8.19. The van der Waals surface area contributed by atoms with E-state index in [0.29, 0.717) is 19.0 Å². The minimum atomic E-state index is 0.0629. The zero-order chi connectivity index (χ0) is 17.8. The van der Waals surface area contributed by atoms with Crippen molar-refractivity contribution in [3.05, 3.63) is 46.5 Å². The Morgan fingerprint density at radius 3 is 2.88 bits per heavy atom. The number of nitrogens with zero attached hydrogens (tertiary/aromatic N) is 5. The smallest absolute Gasteiger partial charge is 0.155 e. The van der Waals surface area contributed by atoms with E-state index in [2.05, 4.69) is 29.0 Å². The third kappa shape index (κ3) is 4.79. The molecule has 0 radical (unpaired) electrons. The molecular weight excluding hydrogens is 338 g/mol. The molecule has 136 valence electrons. The fourth-order valence-corrected chi connectivity index (χ4v) is 3.50. The van der Waals surface area contributed by atoms with Gasteiger partial charge in [-0.3, -0.25) is 0 Å². The standard InChI is InChI=1S/C18H26ClN5O/c1-22-6-7-23(2)16(13-22)12-18-20-17(21-24(18)8-9-25)11-14-4-3-5-15(19)10-14/h3-5,10,16,25H,6-9,11-13H2,1-2H3. The number of halogens is 1. The van der Waals surface area contributed by atoms with E-state index in [1.165, 1.54) is 0 Å². The molecule has 0 saturated carbocycles. The topological polar surface area (TPSA) is 57.4 Å². The summed E-state index contributed by atoms with van der Waals surface area (Å²) >= 11 is 6.07. The normalized spacial score (nSPS) is 19.4. The SMILES string of the molecule is CN1CCN(C)C(Cc2nc(Cc3cccc(Cl)c3)nn2CCO)C1. The van der Waals surface area contributed by atoms with Crippen LogP contribution in [-0.2, 0) is 19.4 Å². The van der Waals surface area contributed by atoms with Crippen LogP contribution in [0.5, 0.6) is 0 Å². The molecule has 1 N–H and O–H groups in total. The molecule has 2 heterocycles. The van der Waals surface area contributed by atoms with Gasteiger partial charge in [-0.15, -0.1) is 0 Å². The molecular formula is C18H26ClN5O. The number of hydrogen-bond acceptors (Lipinski definition) is 5. The molecule has 1 aliphatic rings. The molecule has 1 aromatic carbocycles. The number of aliphatic hydroxyl groups is 1. The lowest BCUT2D eigenvalue weighted by Gasteiger charge is -2.37. The Morgan fingerprint density at radius 1 is 1.28 bits per heavy atom. The van der Waals surface area contributed by atoms with Crippen molar-refractivity contribution in [2.75, 3.05) is 40.3 Å². The van der Waals surface area contributed by atoms with E-state index in [4.69, 9.17) is 16.6 Å². The Labute approximate surface area is 154 Å². The van der Waals surface area contributed by atoms with E-state index in [-0.39, 0.29) is 6.61 Å². The number of aromatic nitrogens is 3. The highest BCUT2D eigenvalue weighted by atomic mass is 35.5. The maximum atomic E-state index is 9.35. The predicted octanol–water partition coefficient (Wildman–Crippen LogP) is 1.30. The molecule has 1 saturated heterocycles. The maximum absolute atomic E-state index is 9.35. The van der Waals surface area contributed by atoms with Crippen LogP contribution in [0.3, 0.4) is 0 Å². The van der Waals surface area contributed by atoms with Crippen molar-refractivity contribution < 1.29 is 5.11 Å². The highest BCUT2D eigenvalue weighted by Crippen LogP contribution is 2.16. The van der Waals surface area contributed by atoms with E-state index in [9.17, 15) is 5.11 Å². The summed E-state index contributed by atoms with van der Waals surface area (Å²) < 4.78 is 1.85. The summed E-state index contributed by atoms with van der Waals surface area (Å²) in [5.74, 6) is 1.72. The van der Waals surface area contributed by atoms with Crippen LogP contribution in [0.25, 0.3) is 0 Å². The van der Waals surface area contributed by atoms with Crippen molar-refractivity contribution in [3.63, 3.8) is 0 Å². The molecule has 1 atom stereocenters. The highest BCUT2D eigenvalue weighted by molar-refractivity contribution is 6.30. The van der Waals surface area contributed by atoms with Gasteiger partial charge < -0.3 is 14.9 Å². The van der Waals surface area contributed by atoms with Crippen molar-refractivity contribution in [1.29, 1.82) is 0 Å². The summed E-state index contributed by atoms with van der Waals surface area (Å²) in [4.78, 5) is 9.49. The molecule has 0 amide bonds. The number of rotatable bonds is 6. The number of aliphatic hydroxyl groups excluding tert-OH is 1. The molecule has 1 fully saturated rings. The average molecular weight is 364 g/mol. The van der Waals surface area contributed by atoms with Crippen molar-refractivity contribution >= 4 is 11.6 Å². The van der Waals surface area contributed by atoms with Gasteiger partial charge in [0.25, 0.3) is 0 Å². The van der Waals surface area contributed by atoms with Crippen LogP contribution in [0.15, 0.2) is 24.3 Å². The molecule has 0 aliphatic carbocycles. The fraction of sp³-hybridized carbons (Fsp3) is 0.556.